The first-order valence-electron chi connectivity index (χ1n) is 6.75. The predicted molar refractivity (Wildman–Crippen MR) is 73.2 cm³/mol. The van der Waals surface area contributed by atoms with Crippen LogP contribution in [0, 0.1) is 16.0 Å². The molecular weight excluding hydrogens is 260 g/mol. The van der Waals surface area contributed by atoms with Gasteiger partial charge in [-0.3, -0.25) is 14.9 Å². The molecule has 1 aliphatic rings. The number of carbonyl (C=O) groups is 1. The van der Waals surface area contributed by atoms with Gasteiger partial charge in [-0.05, 0) is 12.8 Å². The Morgan fingerprint density at radius 2 is 2.15 bits per heavy atom. The van der Waals surface area contributed by atoms with Crippen LogP contribution >= 0.6 is 0 Å². The maximum absolute atomic E-state index is 11.8. The molecule has 0 aliphatic heterocycles. The lowest BCUT2D eigenvalue weighted by Gasteiger charge is -2.15. The highest BCUT2D eigenvalue weighted by Crippen LogP contribution is 2.24. The van der Waals surface area contributed by atoms with Gasteiger partial charge in [0.25, 0.3) is 5.69 Å². The second kappa shape index (κ2) is 6.47. The highest BCUT2D eigenvalue weighted by atomic mass is 16.6. The van der Waals surface area contributed by atoms with Crippen molar-refractivity contribution in [3.05, 3.63) is 39.9 Å². The van der Waals surface area contributed by atoms with Crippen LogP contribution < -0.4 is 5.32 Å². The molecule has 1 aliphatic carbocycles. The molecule has 6 heteroatoms. The van der Waals surface area contributed by atoms with E-state index in [0.717, 1.165) is 19.3 Å². The number of nitrogens with zero attached hydrogens (tertiary/aromatic N) is 1. The Morgan fingerprint density at radius 1 is 1.40 bits per heavy atom. The lowest BCUT2D eigenvalue weighted by Crippen LogP contribution is -2.33. The van der Waals surface area contributed by atoms with E-state index in [-0.39, 0.29) is 30.0 Å². The normalized spacial score (nSPS) is 21.6. The van der Waals surface area contributed by atoms with Gasteiger partial charge in [-0.15, -0.1) is 0 Å². The van der Waals surface area contributed by atoms with Gasteiger partial charge >= 0.3 is 0 Å². The van der Waals surface area contributed by atoms with Crippen LogP contribution in [0.5, 0.6) is 0 Å². The molecule has 2 N–H and O–H groups in total. The molecule has 1 aromatic rings. The fraction of sp³-hybridized carbons (Fsp3) is 0.500. The summed E-state index contributed by atoms with van der Waals surface area (Å²) in [5, 5.41) is 23.3. The molecule has 1 fully saturated rings. The Balaban J connectivity index is 1.90. The van der Waals surface area contributed by atoms with Crippen LogP contribution in [-0.4, -0.2) is 28.6 Å². The Bertz CT molecular complexity index is 504. The van der Waals surface area contributed by atoms with Crippen molar-refractivity contribution >= 4 is 11.6 Å². The van der Waals surface area contributed by atoms with Gasteiger partial charge in [-0.2, -0.15) is 0 Å². The number of hydrogen-bond acceptors (Lipinski definition) is 4. The Hall–Kier alpha value is -1.95. The third-order valence-electron chi connectivity index (χ3n) is 3.72. The lowest BCUT2D eigenvalue weighted by atomic mass is 10.1. The SMILES string of the molecule is O=C(Cc1ccccc1[N+](=O)[O-])NCC1CCCC1O. The summed E-state index contributed by atoms with van der Waals surface area (Å²) in [6, 6.07) is 6.23. The standard InChI is InChI=1S/C14H18N2O4/c17-13-7-3-5-11(13)9-15-14(18)8-10-4-1-2-6-12(10)16(19)20/h1-2,4,6,11,13,17H,3,5,7-9H2,(H,15,18). The monoisotopic (exact) mass is 278 g/mol. The summed E-state index contributed by atoms with van der Waals surface area (Å²) in [7, 11) is 0. The zero-order valence-electron chi connectivity index (χ0n) is 11.1. The largest absolute Gasteiger partial charge is 0.393 e. The zero-order chi connectivity index (χ0) is 14.5. The number of aliphatic hydroxyl groups excluding tert-OH is 1. The average Bonchev–Trinajstić information content (AvgIpc) is 2.82. The first-order chi connectivity index (χ1) is 9.58. The van der Waals surface area contributed by atoms with Crippen molar-refractivity contribution in [3.8, 4) is 0 Å². The number of benzene rings is 1. The maximum Gasteiger partial charge on any atom is 0.273 e. The molecule has 2 atom stereocenters. The zero-order valence-corrected chi connectivity index (χ0v) is 11.1. The highest BCUT2D eigenvalue weighted by Gasteiger charge is 2.25. The molecule has 2 unspecified atom stereocenters. The van der Waals surface area contributed by atoms with Crippen LogP contribution in [0.4, 0.5) is 5.69 Å². The summed E-state index contributed by atoms with van der Waals surface area (Å²) < 4.78 is 0. The van der Waals surface area contributed by atoms with E-state index in [0.29, 0.717) is 12.1 Å². The number of hydrogen-bond donors (Lipinski definition) is 2. The van der Waals surface area contributed by atoms with Gasteiger partial charge in [0.1, 0.15) is 0 Å². The fourth-order valence-electron chi connectivity index (χ4n) is 2.57. The Morgan fingerprint density at radius 3 is 2.80 bits per heavy atom. The molecule has 0 aromatic heterocycles. The molecule has 20 heavy (non-hydrogen) atoms. The smallest absolute Gasteiger partial charge is 0.273 e. The second-order valence-electron chi connectivity index (χ2n) is 5.13. The van der Waals surface area contributed by atoms with E-state index in [4.69, 9.17) is 0 Å². The number of nitro groups is 1. The van der Waals surface area contributed by atoms with E-state index in [1.54, 1.807) is 18.2 Å². The van der Waals surface area contributed by atoms with E-state index in [9.17, 15) is 20.0 Å². The van der Waals surface area contributed by atoms with E-state index in [1.165, 1.54) is 6.07 Å². The van der Waals surface area contributed by atoms with Gasteiger partial charge in [-0.1, -0.05) is 24.6 Å². The summed E-state index contributed by atoms with van der Waals surface area (Å²) in [6.07, 6.45) is 2.31. The Labute approximate surface area is 117 Å². The molecule has 0 radical (unpaired) electrons. The molecule has 1 aromatic carbocycles. The third-order valence-corrected chi connectivity index (χ3v) is 3.72. The van der Waals surface area contributed by atoms with E-state index in [1.807, 2.05) is 0 Å². The fourth-order valence-corrected chi connectivity index (χ4v) is 2.57. The number of carbonyl (C=O) groups excluding carboxylic acids is 1. The third kappa shape index (κ3) is 3.54. The number of nitro benzene ring substituents is 1. The summed E-state index contributed by atoms with van der Waals surface area (Å²) in [4.78, 5) is 22.2. The van der Waals surface area contributed by atoms with Crippen LogP contribution in [-0.2, 0) is 11.2 Å². The molecule has 0 spiro atoms. The average molecular weight is 278 g/mol. The summed E-state index contributed by atoms with van der Waals surface area (Å²) in [6.45, 7) is 0.431. The van der Waals surface area contributed by atoms with E-state index in [2.05, 4.69) is 5.32 Å². The van der Waals surface area contributed by atoms with Crippen molar-refractivity contribution < 1.29 is 14.8 Å². The maximum atomic E-state index is 11.8. The highest BCUT2D eigenvalue weighted by molar-refractivity contribution is 5.79. The first kappa shape index (κ1) is 14.5. The van der Waals surface area contributed by atoms with Gasteiger partial charge in [0.15, 0.2) is 0 Å². The molecule has 2 rings (SSSR count). The first-order valence-corrected chi connectivity index (χ1v) is 6.75. The van der Waals surface area contributed by atoms with Crippen molar-refractivity contribution in [2.45, 2.75) is 31.8 Å². The minimum atomic E-state index is -0.483. The molecule has 0 saturated heterocycles. The van der Waals surface area contributed by atoms with Crippen molar-refractivity contribution in [1.82, 2.24) is 5.32 Å². The van der Waals surface area contributed by atoms with Gasteiger partial charge in [0, 0.05) is 24.1 Å². The minimum Gasteiger partial charge on any atom is -0.393 e. The number of amides is 1. The van der Waals surface area contributed by atoms with Crippen LogP contribution in [0.15, 0.2) is 24.3 Å². The van der Waals surface area contributed by atoms with Crippen LogP contribution in [0.2, 0.25) is 0 Å². The number of rotatable bonds is 5. The van der Waals surface area contributed by atoms with Crippen molar-refractivity contribution in [3.63, 3.8) is 0 Å². The van der Waals surface area contributed by atoms with Crippen molar-refractivity contribution in [2.24, 2.45) is 5.92 Å². The van der Waals surface area contributed by atoms with Crippen LogP contribution in [0.3, 0.4) is 0 Å². The van der Waals surface area contributed by atoms with E-state index < -0.39 is 4.92 Å². The van der Waals surface area contributed by atoms with Crippen molar-refractivity contribution in [2.75, 3.05) is 6.54 Å². The molecule has 0 bridgehead atoms. The summed E-state index contributed by atoms with van der Waals surface area (Å²) >= 11 is 0. The van der Waals surface area contributed by atoms with Gasteiger partial charge < -0.3 is 10.4 Å². The summed E-state index contributed by atoms with van der Waals surface area (Å²) in [5.41, 5.74) is 0.366. The van der Waals surface area contributed by atoms with Gasteiger partial charge in [0.05, 0.1) is 17.4 Å². The molecule has 108 valence electrons. The lowest BCUT2D eigenvalue weighted by molar-refractivity contribution is -0.385. The topological polar surface area (TPSA) is 92.5 Å². The number of nitrogens with one attached hydrogen (secondary N) is 1. The van der Waals surface area contributed by atoms with Gasteiger partial charge in [-0.25, -0.2) is 0 Å². The Kier molecular flexibility index (Phi) is 4.68. The van der Waals surface area contributed by atoms with Crippen molar-refractivity contribution in [1.29, 1.82) is 0 Å². The van der Waals surface area contributed by atoms with Crippen LogP contribution in [0.25, 0.3) is 0 Å². The predicted octanol–water partition coefficient (Wildman–Crippen LogP) is 1.41. The minimum absolute atomic E-state index is 0.0139. The second-order valence-corrected chi connectivity index (χ2v) is 5.13. The van der Waals surface area contributed by atoms with Crippen LogP contribution in [0.1, 0.15) is 24.8 Å². The molecule has 0 heterocycles. The molecule has 6 nitrogen and oxygen atoms in total. The van der Waals surface area contributed by atoms with Gasteiger partial charge in [0.2, 0.25) is 5.91 Å². The molecule has 1 amide bonds. The molecular formula is C14H18N2O4. The van der Waals surface area contributed by atoms with E-state index >= 15 is 0 Å². The molecule has 1 saturated carbocycles. The quantitative estimate of drug-likeness (QED) is 0.629. The number of para-hydroxylation sites is 1. The summed E-state index contributed by atoms with van der Waals surface area (Å²) in [5.74, 6) is -0.150. The number of aliphatic hydroxyl groups is 1.